The second-order valence-corrected chi connectivity index (χ2v) is 4.51. The number of halogens is 2. The van der Waals surface area contributed by atoms with Gasteiger partial charge in [0.15, 0.2) is 0 Å². The van der Waals surface area contributed by atoms with Gasteiger partial charge >= 0.3 is 5.97 Å². The zero-order chi connectivity index (χ0) is 15.1. The SMILES string of the molecule is Cc1ccccc1CCC(=O)NC(CC(F)F)C(=O)O. The number of aryl methyl sites for hydroxylation is 2. The van der Waals surface area contributed by atoms with Gasteiger partial charge in [0.05, 0.1) is 0 Å². The Balaban J connectivity index is 2.50. The van der Waals surface area contributed by atoms with E-state index in [1.807, 2.05) is 31.2 Å². The molecule has 1 rings (SSSR count). The number of hydrogen-bond acceptors (Lipinski definition) is 2. The molecule has 0 aliphatic carbocycles. The highest BCUT2D eigenvalue weighted by atomic mass is 19.3. The fraction of sp³-hybridized carbons (Fsp3) is 0.429. The first-order valence-corrected chi connectivity index (χ1v) is 6.25. The van der Waals surface area contributed by atoms with Crippen LogP contribution in [-0.4, -0.2) is 29.5 Å². The van der Waals surface area contributed by atoms with Gasteiger partial charge in [-0.15, -0.1) is 0 Å². The summed E-state index contributed by atoms with van der Waals surface area (Å²) in [5.41, 5.74) is 2.01. The van der Waals surface area contributed by atoms with Gasteiger partial charge in [0.25, 0.3) is 0 Å². The van der Waals surface area contributed by atoms with Gasteiger partial charge in [-0.1, -0.05) is 24.3 Å². The lowest BCUT2D eigenvalue weighted by Crippen LogP contribution is -2.42. The van der Waals surface area contributed by atoms with Crippen LogP contribution in [0.2, 0.25) is 0 Å². The van der Waals surface area contributed by atoms with Gasteiger partial charge in [-0.3, -0.25) is 4.79 Å². The van der Waals surface area contributed by atoms with Crippen LogP contribution in [0, 0.1) is 6.92 Å². The minimum absolute atomic E-state index is 0.0673. The molecule has 2 N–H and O–H groups in total. The quantitative estimate of drug-likeness (QED) is 0.806. The zero-order valence-electron chi connectivity index (χ0n) is 11.1. The van der Waals surface area contributed by atoms with Crippen molar-refractivity contribution in [3.05, 3.63) is 35.4 Å². The summed E-state index contributed by atoms with van der Waals surface area (Å²) in [6, 6.07) is 5.96. The molecule has 0 aliphatic heterocycles. The molecule has 110 valence electrons. The minimum Gasteiger partial charge on any atom is -0.480 e. The van der Waals surface area contributed by atoms with E-state index in [0.29, 0.717) is 6.42 Å². The maximum absolute atomic E-state index is 12.2. The maximum Gasteiger partial charge on any atom is 0.326 e. The van der Waals surface area contributed by atoms with Crippen molar-refractivity contribution in [2.24, 2.45) is 0 Å². The number of alkyl halides is 2. The molecule has 6 heteroatoms. The number of carbonyl (C=O) groups excluding carboxylic acids is 1. The highest BCUT2D eigenvalue weighted by Crippen LogP contribution is 2.10. The third-order valence-electron chi connectivity index (χ3n) is 2.93. The van der Waals surface area contributed by atoms with Crippen LogP contribution in [-0.2, 0) is 16.0 Å². The predicted molar refractivity (Wildman–Crippen MR) is 69.7 cm³/mol. The van der Waals surface area contributed by atoms with Crippen LogP contribution in [0.1, 0.15) is 24.0 Å². The molecule has 0 saturated heterocycles. The third-order valence-corrected chi connectivity index (χ3v) is 2.93. The summed E-state index contributed by atoms with van der Waals surface area (Å²) in [7, 11) is 0. The normalized spacial score (nSPS) is 12.2. The minimum atomic E-state index is -2.77. The topological polar surface area (TPSA) is 66.4 Å². The zero-order valence-corrected chi connectivity index (χ0v) is 11.1. The Kier molecular flexibility index (Phi) is 6.09. The molecular formula is C14H17F2NO3. The van der Waals surface area contributed by atoms with Crippen molar-refractivity contribution in [3.63, 3.8) is 0 Å². The Morgan fingerprint density at radius 1 is 1.30 bits per heavy atom. The largest absolute Gasteiger partial charge is 0.480 e. The molecule has 1 aromatic rings. The van der Waals surface area contributed by atoms with E-state index in [2.05, 4.69) is 5.32 Å². The number of carboxylic acids is 1. The highest BCUT2D eigenvalue weighted by molar-refractivity contribution is 5.83. The first-order chi connectivity index (χ1) is 9.40. The molecule has 0 fully saturated rings. The smallest absolute Gasteiger partial charge is 0.326 e. The van der Waals surface area contributed by atoms with Crippen LogP contribution in [0.25, 0.3) is 0 Å². The number of nitrogens with one attached hydrogen (secondary N) is 1. The molecule has 0 spiro atoms. The number of carboxylic acid groups (broad SMARTS) is 1. The average Bonchev–Trinajstić information content (AvgIpc) is 2.36. The second-order valence-electron chi connectivity index (χ2n) is 4.51. The summed E-state index contributed by atoms with van der Waals surface area (Å²) >= 11 is 0. The van der Waals surface area contributed by atoms with Crippen molar-refractivity contribution in [1.29, 1.82) is 0 Å². The number of amides is 1. The lowest BCUT2D eigenvalue weighted by Gasteiger charge is -2.14. The van der Waals surface area contributed by atoms with Gasteiger partial charge in [-0.2, -0.15) is 0 Å². The van der Waals surface area contributed by atoms with Crippen molar-refractivity contribution >= 4 is 11.9 Å². The molecule has 0 bridgehead atoms. The van der Waals surface area contributed by atoms with Crippen LogP contribution in [0.15, 0.2) is 24.3 Å². The van der Waals surface area contributed by atoms with Crippen molar-refractivity contribution in [2.75, 3.05) is 0 Å². The monoisotopic (exact) mass is 285 g/mol. The van der Waals surface area contributed by atoms with E-state index in [1.54, 1.807) is 0 Å². The van der Waals surface area contributed by atoms with Crippen molar-refractivity contribution < 1.29 is 23.5 Å². The van der Waals surface area contributed by atoms with E-state index in [0.717, 1.165) is 11.1 Å². The van der Waals surface area contributed by atoms with Gasteiger partial charge in [-0.05, 0) is 24.5 Å². The van der Waals surface area contributed by atoms with Gasteiger partial charge < -0.3 is 10.4 Å². The lowest BCUT2D eigenvalue weighted by molar-refractivity contribution is -0.143. The van der Waals surface area contributed by atoms with E-state index < -0.39 is 30.8 Å². The summed E-state index contributed by atoms with van der Waals surface area (Å²) in [6.07, 6.45) is -3.14. The summed E-state index contributed by atoms with van der Waals surface area (Å²) in [5.74, 6) is -1.99. The number of hydrogen-bond donors (Lipinski definition) is 2. The second kappa shape index (κ2) is 7.57. The Bertz CT molecular complexity index is 477. The van der Waals surface area contributed by atoms with Crippen LogP contribution in [0.5, 0.6) is 0 Å². The Hall–Kier alpha value is -1.98. The highest BCUT2D eigenvalue weighted by Gasteiger charge is 2.23. The number of benzene rings is 1. The molecule has 0 saturated carbocycles. The molecule has 4 nitrogen and oxygen atoms in total. The molecule has 1 unspecified atom stereocenters. The summed E-state index contributed by atoms with van der Waals surface area (Å²) in [4.78, 5) is 22.4. The fourth-order valence-electron chi connectivity index (χ4n) is 1.80. The Morgan fingerprint density at radius 3 is 2.50 bits per heavy atom. The predicted octanol–water partition coefficient (Wildman–Crippen LogP) is 2.15. The van der Waals surface area contributed by atoms with E-state index in [4.69, 9.17) is 5.11 Å². The number of carbonyl (C=O) groups is 2. The van der Waals surface area contributed by atoms with Crippen molar-refractivity contribution in [3.8, 4) is 0 Å². The summed E-state index contributed by atoms with van der Waals surface area (Å²) in [5, 5.41) is 10.9. The van der Waals surface area contributed by atoms with Gasteiger partial charge in [0.2, 0.25) is 12.3 Å². The van der Waals surface area contributed by atoms with Gasteiger partial charge in [0.1, 0.15) is 6.04 Å². The summed E-state index contributed by atoms with van der Waals surface area (Å²) < 4.78 is 24.4. The molecular weight excluding hydrogens is 268 g/mol. The summed E-state index contributed by atoms with van der Waals surface area (Å²) in [6.45, 7) is 1.91. The molecule has 1 aromatic carbocycles. The Morgan fingerprint density at radius 2 is 1.95 bits per heavy atom. The van der Waals surface area contributed by atoms with E-state index in [9.17, 15) is 18.4 Å². The van der Waals surface area contributed by atoms with Crippen LogP contribution in [0.4, 0.5) is 8.78 Å². The average molecular weight is 285 g/mol. The van der Waals surface area contributed by atoms with Crippen molar-refractivity contribution in [1.82, 2.24) is 5.32 Å². The first-order valence-electron chi connectivity index (χ1n) is 6.25. The molecule has 0 heterocycles. The standard InChI is InChI=1S/C14H17F2NO3/c1-9-4-2-3-5-10(9)6-7-13(18)17-11(14(19)20)8-12(15)16/h2-5,11-12H,6-8H2,1H3,(H,17,18)(H,19,20). The molecule has 20 heavy (non-hydrogen) atoms. The lowest BCUT2D eigenvalue weighted by atomic mass is 10.0. The number of rotatable bonds is 7. The van der Waals surface area contributed by atoms with Crippen LogP contribution < -0.4 is 5.32 Å². The Labute approximate surface area is 115 Å². The molecule has 1 atom stereocenters. The van der Waals surface area contributed by atoms with E-state index in [-0.39, 0.29) is 6.42 Å². The number of aliphatic carboxylic acids is 1. The van der Waals surface area contributed by atoms with Gasteiger partial charge in [-0.25, -0.2) is 13.6 Å². The first kappa shape index (κ1) is 16.1. The van der Waals surface area contributed by atoms with E-state index >= 15 is 0 Å². The van der Waals surface area contributed by atoms with Crippen molar-refractivity contribution in [2.45, 2.75) is 38.7 Å². The molecule has 0 aromatic heterocycles. The third kappa shape index (κ3) is 5.34. The van der Waals surface area contributed by atoms with Crippen LogP contribution in [0.3, 0.4) is 0 Å². The fourth-order valence-corrected chi connectivity index (χ4v) is 1.80. The molecule has 0 aliphatic rings. The molecule has 1 amide bonds. The maximum atomic E-state index is 12.2. The van der Waals surface area contributed by atoms with Crippen LogP contribution >= 0.6 is 0 Å². The van der Waals surface area contributed by atoms with E-state index in [1.165, 1.54) is 0 Å². The van der Waals surface area contributed by atoms with Gasteiger partial charge in [0, 0.05) is 12.8 Å². The molecule has 0 radical (unpaired) electrons.